The second-order valence-corrected chi connectivity index (χ2v) is 5.65. The Morgan fingerprint density at radius 1 is 0.900 bits per heavy atom. The predicted molar refractivity (Wildman–Crippen MR) is 86.8 cm³/mol. The number of benzene rings is 2. The van der Waals surface area contributed by atoms with Crippen molar-refractivity contribution in [3.63, 3.8) is 0 Å². The highest BCUT2D eigenvalue weighted by molar-refractivity contribution is 5.64. The Morgan fingerprint density at radius 3 is 2.50 bits per heavy atom. The van der Waals surface area contributed by atoms with Crippen molar-refractivity contribution in [2.45, 2.75) is 39.0 Å². The van der Waals surface area contributed by atoms with Gasteiger partial charge in [-0.1, -0.05) is 37.6 Å². The van der Waals surface area contributed by atoms with Crippen molar-refractivity contribution in [3.05, 3.63) is 59.7 Å². The van der Waals surface area contributed by atoms with E-state index in [0.29, 0.717) is 0 Å². The van der Waals surface area contributed by atoms with Crippen LogP contribution in [0.25, 0.3) is 0 Å². The van der Waals surface area contributed by atoms with E-state index in [1.807, 2.05) is 0 Å². The zero-order valence-corrected chi connectivity index (χ0v) is 12.3. The fourth-order valence-corrected chi connectivity index (χ4v) is 3.06. The van der Waals surface area contributed by atoms with Gasteiger partial charge in [-0.15, -0.1) is 0 Å². The van der Waals surface area contributed by atoms with Crippen molar-refractivity contribution in [2.75, 3.05) is 11.4 Å². The first kappa shape index (κ1) is 13.2. The van der Waals surface area contributed by atoms with Gasteiger partial charge in [0.05, 0.1) is 0 Å². The van der Waals surface area contributed by atoms with Crippen LogP contribution in [0.2, 0.25) is 0 Å². The number of hydrogen-bond donors (Lipinski definition) is 0. The molecule has 0 aromatic heterocycles. The number of unbranched alkanes of at least 4 members (excludes halogenated alkanes) is 1. The fourth-order valence-electron chi connectivity index (χ4n) is 3.06. The SMILES string of the molecule is CCCCN(c1ccccc1)c1ccc2c(c1)CCC2. The summed E-state index contributed by atoms with van der Waals surface area (Å²) in [5, 5.41) is 0. The Hall–Kier alpha value is -1.76. The van der Waals surface area contributed by atoms with Crippen LogP contribution < -0.4 is 4.90 Å². The van der Waals surface area contributed by atoms with Crippen LogP contribution in [-0.4, -0.2) is 6.54 Å². The Morgan fingerprint density at radius 2 is 1.70 bits per heavy atom. The molecule has 0 radical (unpaired) electrons. The predicted octanol–water partition coefficient (Wildman–Crippen LogP) is 5.11. The molecule has 0 atom stereocenters. The van der Waals surface area contributed by atoms with Crippen molar-refractivity contribution >= 4 is 11.4 Å². The molecule has 1 aliphatic carbocycles. The Labute approximate surface area is 122 Å². The summed E-state index contributed by atoms with van der Waals surface area (Å²) in [4.78, 5) is 2.46. The van der Waals surface area contributed by atoms with Gasteiger partial charge in [-0.3, -0.25) is 0 Å². The number of fused-ring (bicyclic) bond motifs is 1. The average Bonchev–Trinajstić information content (AvgIpc) is 2.96. The number of para-hydroxylation sites is 1. The van der Waals surface area contributed by atoms with Gasteiger partial charge in [0.15, 0.2) is 0 Å². The van der Waals surface area contributed by atoms with E-state index in [9.17, 15) is 0 Å². The first-order valence-corrected chi connectivity index (χ1v) is 7.83. The van der Waals surface area contributed by atoms with Crippen LogP contribution in [0.1, 0.15) is 37.3 Å². The van der Waals surface area contributed by atoms with Gasteiger partial charge < -0.3 is 4.90 Å². The summed E-state index contributed by atoms with van der Waals surface area (Å²) in [6, 6.07) is 17.8. The molecule has 0 N–H and O–H groups in total. The molecule has 0 bridgehead atoms. The van der Waals surface area contributed by atoms with E-state index in [2.05, 4.69) is 60.4 Å². The zero-order chi connectivity index (χ0) is 13.8. The zero-order valence-electron chi connectivity index (χ0n) is 12.3. The molecule has 0 heterocycles. The van der Waals surface area contributed by atoms with Crippen LogP contribution in [0.3, 0.4) is 0 Å². The molecule has 2 aromatic rings. The molecule has 20 heavy (non-hydrogen) atoms. The molecule has 1 nitrogen and oxygen atoms in total. The molecule has 0 saturated heterocycles. The molecular formula is C19H23N. The molecule has 3 rings (SSSR count). The lowest BCUT2D eigenvalue weighted by Gasteiger charge is -2.25. The van der Waals surface area contributed by atoms with Gasteiger partial charge in [-0.25, -0.2) is 0 Å². The van der Waals surface area contributed by atoms with E-state index in [-0.39, 0.29) is 0 Å². The molecule has 0 fully saturated rings. The minimum absolute atomic E-state index is 1.10. The van der Waals surface area contributed by atoms with Crippen LogP contribution in [0.15, 0.2) is 48.5 Å². The lowest BCUT2D eigenvalue weighted by molar-refractivity contribution is 0.785. The van der Waals surface area contributed by atoms with Gasteiger partial charge in [0.1, 0.15) is 0 Å². The summed E-state index contributed by atoms with van der Waals surface area (Å²) < 4.78 is 0. The Kier molecular flexibility index (Phi) is 4.05. The standard InChI is InChI=1S/C19H23N/c1-2-3-14-20(18-10-5-4-6-11-18)19-13-12-16-8-7-9-17(16)15-19/h4-6,10-13,15H,2-3,7-9,14H2,1H3. The van der Waals surface area contributed by atoms with Gasteiger partial charge in [-0.05, 0) is 61.1 Å². The summed E-state index contributed by atoms with van der Waals surface area (Å²) >= 11 is 0. The van der Waals surface area contributed by atoms with E-state index in [4.69, 9.17) is 0 Å². The number of nitrogens with zero attached hydrogens (tertiary/aromatic N) is 1. The summed E-state index contributed by atoms with van der Waals surface area (Å²) in [5.41, 5.74) is 5.77. The maximum absolute atomic E-state index is 2.46. The summed E-state index contributed by atoms with van der Waals surface area (Å²) in [6.07, 6.45) is 6.29. The maximum Gasteiger partial charge on any atom is 0.0413 e. The topological polar surface area (TPSA) is 3.24 Å². The molecule has 0 amide bonds. The quantitative estimate of drug-likeness (QED) is 0.725. The first-order valence-electron chi connectivity index (χ1n) is 7.83. The number of rotatable bonds is 5. The third kappa shape index (κ3) is 2.72. The third-order valence-electron chi connectivity index (χ3n) is 4.20. The average molecular weight is 265 g/mol. The second kappa shape index (κ2) is 6.13. The van der Waals surface area contributed by atoms with Crippen LogP contribution in [0, 0.1) is 0 Å². The van der Waals surface area contributed by atoms with E-state index in [1.54, 1.807) is 11.1 Å². The molecule has 1 aliphatic rings. The number of aryl methyl sites for hydroxylation is 2. The largest absolute Gasteiger partial charge is 0.341 e. The van der Waals surface area contributed by atoms with Crippen LogP contribution in [-0.2, 0) is 12.8 Å². The minimum Gasteiger partial charge on any atom is -0.341 e. The lowest BCUT2D eigenvalue weighted by Crippen LogP contribution is -2.18. The Bertz CT molecular complexity index is 559. The smallest absolute Gasteiger partial charge is 0.0413 e. The summed E-state index contributed by atoms with van der Waals surface area (Å²) in [6.45, 7) is 3.35. The highest BCUT2D eigenvalue weighted by Gasteiger charge is 2.14. The van der Waals surface area contributed by atoms with Crippen molar-refractivity contribution in [2.24, 2.45) is 0 Å². The molecule has 0 saturated carbocycles. The lowest BCUT2D eigenvalue weighted by atomic mass is 10.1. The Balaban J connectivity index is 1.92. The summed E-state index contributed by atoms with van der Waals surface area (Å²) in [5.74, 6) is 0. The molecule has 0 unspecified atom stereocenters. The van der Waals surface area contributed by atoms with Crippen LogP contribution >= 0.6 is 0 Å². The molecule has 0 aliphatic heterocycles. The number of anilines is 2. The van der Waals surface area contributed by atoms with Gasteiger partial charge in [-0.2, -0.15) is 0 Å². The molecule has 104 valence electrons. The molecule has 0 spiro atoms. The van der Waals surface area contributed by atoms with Crippen LogP contribution in [0.4, 0.5) is 11.4 Å². The van der Waals surface area contributed by atoms with E-state index < -0.39 is 0 Å². The highest BCUT2D eigenvalue weighted by Crippen LogP contribution is 2.31. The van der Waals surface area contributed by atoms with Crippen molar-refractivity contribution in [1.29, 1.82) is 0 Å². The first-order chi connectivity index (χ1) is 9.88. The van der Waals surface area contributed by atoms with Crippen molar-refractivity contribution in [3.8, 4) is 0 Å². The highest BCUT2D eigenvalue weighted by atomic mass is 15.1. The normalized spacial score (nSPS) is 13.2. The molecular weight excluding hydrogens is 242 g/mol. The van der Waals surface area contributed by atoms with E-state index >= 15 is 0 Å². The van der Waals surface area contributed by atoms with E-state index in [1.165, 1.54) is 43.5 Å². The molecule has 1 heteroatoms. The summed E-state index contributed by atoms with van der Waals surface area (Å²) in [7, 11) is 0. The van der Waals surface area contributed by atoms with Gasteiger partial charge in [0.25, 0.3) is 0 Å². The van der Waals surface area contributed by atoms with Gasteiger partial charge in [0, 0.05) is 17.9 Å². The van der Waals surface area contributed by atoms with Gasteiger partial charge in [0.2, 0.25) is 0 Å². The monoisotopic (exact) mass is 265 g/mol. The fraction of sp³-hybridized carbons (Fsp3) is 0.368. The maximum atomic E-state index is 2.46. The van der Waals surface area contributed by atoms with Crippen molar-refractivity contribution in [1.82, 2.24) is 0 Å². The van der Waals surface area contributed by atoms with Gasteiger partial charge >= 0.3 is 0 Å². The minimum atomic E-state index is 1.10. The third-order valence-corrected chi connectivity index (χ3v) is 4.20. The van der Waals surface area contributed by atoms with Crippen molar-refractivity contribution < 1.29 is 0 Å². The van der Waals surface area contributed by atoms with Crippen LogP contribution in [0.5, 0.6) is 0 Å². The molecule has 2 aromatic carbocycles. The van der Waals surface area contributed by atoms with E-state index in [0.717, 1.165) is 6.54 Å². The number of hydrogen-bond acceptors (Lipinski definition) is 1. The second-order valence-electron chi connectivity index (χ2n) is 5.65.